The summed E-state index contributed by atoms with van der Waals surface area (Å²) in [6.45, 7) is 0. The summed E-state index contributed by atoms with van der Waals surface area (Å²) in [6, 6.07) is 11.7. The van der Waals surface area contributed by atoms with Crippen molar-refractivity contribution in [3.8, 4) is 6.07 Å². The monoisotopic (exact) mass is 473 g/mol. The number of alkyl halides is 3. The number of nitrogens with zero attached hydrogens (tertiary/aromatic N) is 3. The molecule has 10 heteroatoms. The number of carbonyl (C=O) groups is 1. The molecule has 1 saturated heterocycles. The third kappa shape index (κ3) is 3.83. The van der Waals surface area contributed by atoms with Crippen molar-refractivity contribution in [3.63, 3.8) is 0 Å². The Kier molecular flexibility index (Phi) is 5.64. The maximum Gasteiger partial charge on any atom is 0.417 e. The molecule has 33 heavy (non-hydrogen) atoms. The zero-order chi connectivity index (χ0) is 24.0. The molecule has 0 amide bonds. The molecule has 2 N–H and O–H groups in total. The minimum Gasteiger partial charge on any atom is -0.478 e. The van der Waals surface area contributed by atoms with Crippen LogP contribution >= 0.6 is 12.2 Å². The van der Waals surface area contributed by atoms with Crippen LogP contribution in [0.5, 0.6) is 0 Å². The maximum absolute atomic E-state index is 13.5. The number of aliphatic hydroxyl groups is 1. The van der Waals surface area contributed by atoms with Crippen molar-refractivity contribution in [1.82, 2.24) is 0 Å². The van der Waals surface area contributed by atoms with Gasteiger partial charge in [-0.25, -0.2) is 4.79 Å². The highest BCUT2D eigenvalue weighted by atomic mass is 32.1. The molecule has 4 rings (SSSR count). The van der Waals surface area contributed by atoms with E-state index in [0.717, 1.165) is 24.6 Å². The van der Waals surface area contributed by atoms with Crippen molar-refractivity contribution in [2.75, 3.05) is 9.80 Å². The summed E-state index contributed by atoms with van der Waals surface area (Å²) in [6.07, 6.45) is -1.46. The predicted octanol–water partition coefficient (Wildman–Crippen LogP) is 4.53. The van der Waals surface area contributed by atoms with Crippen LogP contribution < -0.4 is 9.80 Å². The van der Waals surface area contributed by atoms with Gasteiger partial charge in [0, 0.05) is 17.5 Å². The van der Waals surface area contributed by atoms with E-state index in [9.17, 15) is 23.1 Å². The summed E-state index contributed by atoms with van der Waals surface area (Å²) in [5, 5.41) is 29.2. The molecule has 0 bridgehead atoms. The Hall–Kier alpha value is -3.42. The molecule has 1 atom stereocenters. The van der Waals surface area contributed by atoms with E-state index in [-0.39, 0.29) is 10.8 Å². The molecule has 2 fully saturated rings. The van der Waals surface area contributed by atoms with Crippen molar-refractivity contribution in [3.05, 3.63) is 65.2 Å². The van der Waals surface area contributed by atoms with Crippen LogP contribution in [0.4, 0.5) is 24.5 Å². The number of carboxylic acid groups (broad SMARTS) is 1. The molecule has 0 aromatic heterocycles. The summed E-state index contributed by atoms with van der Waals surface area (Å²) in [5.41, 5.74) is -1.05. The average Bonchev–Trinajstić information content (AvgIpc) is 2.98. The molecular weight excluding hydrogens is 455 g/mol. The zero-order valence-corrected chi connectivity index (χ0v) is 17.9. The van der Waals surface area contributed by atoms with Gasteiger partial charge < -0.3 is 15.1 Å². The molecule has 170 valence electrons. The van der Waals surface area contributed by atoms with Gasteiger partial charge in [0.05, 0.1) is 22.7 Å². The van der Waals surface area contributed by atoms with Crippen LogP contribution in [0, 0.1) is 11.3 Å². The van der Waals surface area contributed by atoms with E-state index < -0.39 is 35.0 Å². The van der Waals surface area contributed by atoms with E-state index in [0.29, 0.717) is 24.1 Å². The number of nitriles is 1. The Morgan fingerprint density at radius 1 is 1.18 bits per heavy atom. The Labute approximate surface area is 192 Å². The molecule has 1 spiro atoms. The Morgan fingerprint density at radius 3 is 2.33 bits per heavy atom. The molecular formula is C23H18F3N3O3S. The number of hydrogen-bond donors (Lipinski definition) is 2. The number of hydrogen-bond acceptors (Lipinski definition) is 4. The third-order valence-corrected chi connectivity index (χ3v) is 6.44. The lowest BCUT2D eigenvalue weighted by atomic mass is 9.74. The first-order valence-electron chi connectivity index (χ1n) is 10.0. The Balaban J connectivity index is 1.73. The summed E-state index contributed by atoms with van der Waals surface area (Å²) in [5.74, 6) is -1.08. The van der Waals surface area contributed by atoms with Crippen LogP contribution in [0.2, 0.25) is 0 Å². The minimum absolute atomic E-state index is 0.0496. The number of halogens is 3. The highest BCUT2D eigenvalue weighted by Gasteiger charge is 2.59. The Bertz CT molecular complexity index is 1180. The lowest BCUT2D eigenvalue weighted by molar-refractivity contribution is -0.137. The predicted molar refractivity (Wildman–Crippen MR) is 119 cm³/mol. The highest BCUT2D eigenvalue weighted by molar-refractivity contribution is 7.80. The maximum atomic E-state index is 13.5. The topological polar surface area (TPSA) is 87.8 Å². The van der Waals surface area contributed by atoms with Gasteiger partial charge in [-0.3, -0.25) is 4.90 Å². The zero-order valence-electron chi connectivity index (χ0n) is 17.1. The van der Waals surface area contributed by atoms with Crippen LogP contribution in [0.1, 0.15) is 36.0 Å². The lowest BCUT2D eigenvalue weighted by Gasteiger charge is -2.46. The van der Waals surface area contributed by atoms with Gasteiger partial charge in [-0.15, -0.1) is 0 Å². The first-order valence-corrected chi connectivity index (χ1v) is 10.4. The van der Waals surface area contributed by atoms with Crippen molar-refractivity contribution in [1.29, 1.82) is 5.26 Å². The molecule has 1 saturated carbocycles. The minimum atomic E-state index is -4.74. The average molecular weight is 473 g/mol. The second-order valence-corrected chi connectivity index (χ2v) is 8.29. The van der Waals surface area contributed by atoms with E-state index in [1.54, 1.807) is 35.2 Å². The van der Waals surface area contributed by atoms with Gasteiger partial charge in [0.2, 0.25) is 0 Å². The number of aliphatic hydroxyl groups excluding tert-OH is 1. The largest absolute Gasteiger partial charge is 0.478 e. The molecule has 1 aliphatic heterocycles. The first-order chi connectivity index (χ1) is 15.6. The number of benzene rings is 2. The summed E-state index contributed by atoms with van der Waals surface area (Å²) >= 11 is 5.62. The normalized spacial score (nSPS) is 19.7. The van der Waals surface area contributed by atoms with E-state index in [2.05, 4.69) is 0 Å². The molecule has 2 aromatic rings. The number of anilines is 2. The lowest BCUT2D eigenvalue weighted by Crippen LogP contribution is -2.57. The number of carboxylic acids is 1. The van der Waals surface area contributed by atoms with E-state index in [1.807, 2.05) is 0 Å². The van der Waals surface area contributed by atoms with Crippen molar-refractivity contribution < 1.29 is 28.2 Å². The van der Waals surface area contributed by atoms with E-state index in [1.165, 1.54) is 17.0 Å². The van der Waals surface area contributed by atoms with Crippen molar-refractivity contribution >= 4 is 40.8 Å². The van der Waals surface area contributed by atoms with Gasteiger partial charge in [-0.1, -0.05) is 12.1 Å². The SMILES string of the molecule is N#Cc1ccc(N2C(=S)N(c3ccc(/C=C/C(=O)O)cc3)C3(CCC3)C2O)cc1C(F)(F)F. The summed E-state index contributed by atoms with van der Waals surface area (Å²) in [7, 11) is 0. The van der Waals surface area contributed by atoms with Gasteiger partial charge >= 0.3 is 12.1 Å². The van der Waals surface area contributed by atoms with Crippen LogP contribution in [0.15, 0.2) is 48.5 Å². The van der Waals surface area contributed by atoms with Gasteiger partial charge in [0.25, 0.3) is 0 Å². The molecule has 6 nitrogen and oxygen atoms in total. The number of rotatable bonds is 4. The van der Waals surface area contributed by atoms with Crippen LogP contribution in [-0.2, 0) is 11.0 Å². The van der Waals surface area contributed by atoms with Crippen LogP contribution in [0.3, 0.4) is 0 Å². The quantitative estimate of drug-likeness (QED) is 0.498. The molecule has 0 radical (unpaired) electrons. The van der Waals surface area contributed by atoms with Crippen LogP contribution in [-0.4, -0.2) is 33.1 Å². The molecule has 2 aromatic carbocycles. The molecule has 1 unspecified atom stereocenters. The van der Waals surface area contributed by atoms with Gasteiger partial charge in [-0.05, 0) is 73.5 Å². The molecule has 2 aliphatic rings. The first kappa shape index (κ1) is 22.8. The van der Waals surface area contributed by atoms with Crippen molar-refractivity contribution in [2.24, 2.45) is 0 Å². The third-order valence-electron chi connectivity index (χ3n) is 6.06. The smallest absolute Gasteiger partial charge is 0.417 e. The van der Waals surface area contributed by atoms with Gasteiger partial charge in [0.1, 0.15) is 0 Å². The fourth-order valence-corrected chi connectivity index (χ4v) is 4.81. The van der Waals surface area contributed by atoms with Gasteiger partial charge in [0.15, 0.2) is 11.3 Å². The van der Waals surface area contributed by atoms with E-state index >= 15 is 0 Å². The second-order valence-electron chi connectivity index (χ2n) is 7.92. The Morgan fingerprint density at radius 2 is 1.82 bits per heavy atom. The van der Waals surface area contributed by atoms with Crippen LogP contribution in [0.25, 0.3) is 6.08 Å². The highest BCUT2D eigenvalue weighted by Crippen LogP contribution is 2.50. The fraction of sp³-hybridized carbons (Fsp3) is 0.261. The second kappa shape index (κ2) is 8.17. The van der Waals surface area contributed by atoms with Gasteiger partial charge in [-0.2, -0.15) is 18.4 Å². The molecule has 1 aliphatic carbocycles. The van der Waals surface area contributed by atoms with Crippen molar-refractivity contribution in [2.45, 2.75) is 37.2 Å². The summed E-state index contributed by atoms with van der Waals surface area (Å²) < 4.78 is 40.5. The number of thiocarbonyl (C=S) groups is 1. The fourth-order valence-electron chi connectivity index (χ4n) is 4.31. The van der Waals surface area contributed by atoms with E-state index in [4.69, 9.17) is 22.6 Å². The number of aliphatic carboxylic acids is 1. The summed E-state index contributed by atoms with van der Waals surface area (Å²) in [4.78, 5) is 13.8. The molecule has 1 heterocycles. The standard InChI is InChI=1S/C23H18F3N3O3S/c24-23(25,26)18-12-17(8-5-15(18)13-27)28-20(32)22(10-1-11-22)29(21(28)33)16-6-2-14(3-7-16)4-9-19(30)31/h2-9,12,20,32H,1,10-11H2,(H,30,31)/b9-4+.